The van der Waals surface area contributed by atoms with Crippen LogP contribution in [-0.4, -0.2) is 35.7 Å². The lowest BCUT2D eigenvalue weighted by atomic mass is 10.2. The van der Waals surface area contributed by atoms with E-state index >= 15 is 0 Å². The number of nitro benzene ring substituents is 1. The van der Waals surface area contributed by atoms with E-state index in [2.05, 4.69) is 9.89 Å². The van der Waals surface area contributed by atoms with Gasteiger partial charge in [0.05, 0.1) is 22.6 Å². The molecule has 0 fully saturated rings. The van der Waals surface area contributed by atoms with Gasteiger partial charge in [0.1, 0.15) is 5.56 Å². The highest BCUT2D eigenvalue weighted by Crippen LogP contribution is 2.39. The minimum absolute atomic E-state index is 0.173. The third-order valence-corrected chi connectivity index (χ3v) is 5.02. The normalized spacial score (nSPS) is 11.8. The number of methoxy groups -OCH3 is 1. The average Bonchev–Trinajstić information content (AvgIpc) is 2.69. The van der Waals surface area contributed by atoms with E-state index in [1.165, 1.54) is 12.1 Å². The highest BCUT2D eigenvalue weighted by Gasteiger charge is 2.31. The molecule has 0 spiro atoms. The second kappa shape index (κ2) is 9.67. The van der Waals surface area contributed by atoms with Crippen molar-refractivity contribution in [3.8, 4) is 0 Å². The van der Waals surface area contributed by atoms with E-state index in [1.54, 1.807) is 0 Å². The number of alkyl halides is 3. The molecule has 0 atom stereocenters. The predicted molar refractivity (Wildman–Crippen MR) is 100.0 cm³/mol. The van der Waals surface area contributed by atoms with Gasteiger partial charge in [0.25, 0.3) is 11.6 Å². The molecular formula is C17H12ClF3N2O6S. The lowest BCUT2D eigenvalue weighted by Crippen LogP contribution is -2.17. The minimum Gasteiger partial charge on any atom is -0.466 e. The summed E-state index contributed by atoms with van der Waals surface area (Å²) in [7, 11) is 1.09. The Labute approximate surface area is 176 Å². The molecular weight excluding hydrogens is 453 g/mol. The standard InChI is InChI=1S/C17H12ClF3N2O6S/c1-28-15(24)8-29-16(22-25)11-7-10(3-4-13(11)23(26)27)30-14-5-2-9(6-12(14)18)17(19,20)21/h2-7,25H,8H2,1H3. The number of hydrogen-bond acceptors (Lipinski definition) is 8. The van der Waals surface area contributed by atoms with Crippen LogP contribution in [0.4, 0.5) is 18.9 Å². The van der Waals surface area contributed by atoms with E-state index in [9.17, 15) is 28.1 Å². The van der Waals surface area contributed by atoms with Crippen molar-refractivity contribution in [3.63, 3.8) is 0 Å². The van der Waals surface area contributed by atoms with E-state index in [-0.39, 0.29) is 15.5 Å². The summed E-state index contributed by atoms with van der Waals surface area (Å²) in [5.74, 6) is -1.44. The number of oxime groups is 1. The SMILES string of the molecule is COC(=O)COC(=NO)c1cc(Sc2ccc(C(F)(F)F)cc2Cl)ccc1[N+](=O)[O-]. The maximum absolute atomic E-state index is 12.8. The van der Waals surface area contributed by atoms with Crippen LogP contribution in [0.5, 0.6) is 0 Å². The van der Waals surface area contributed by atoms with Crippen LogP contribution >= 0.6 is 23.4 Å². The Hall–Kier alpha value is -2.99. The Bertz CT molecular complexity index is 1000. The number of nitrogens with zero attached hydrogens (tertiary/aromatic N) is 2. The molecule has 30 heavy (non-hydrogen) atoms. The zero-order valence-electron chi connectivity index (χ0n) is 15.0. The molecule has 0 radical (unpaired) electrons. The van der Waals surface area contributed by atoms with Crippen molar-refractivity contribution in [3.05, 3.63) is 62.7 Å². The molecule has 2 aromatic rings. The van der Waals surface area contributed by atoms with Crippen LogP contribution in [0.1, 0.15) is 11.1 Å². The van der Waals surface area contributed by atoms with Crippen molar-refractivity contribution in [1.29, 1.82) is 0 Å². The summed E-state index contributed by atoms with van der Waals surface area (Å²) in [4.78, 5) is 22.3. The molecule has 0 saturated carbocycles. The maximum Gasteiger partial charge on any atom is 0.416 e. The summed E-state index contributed by atoms with van der Waals surface area (Å²) in [5.41, 5.74) is -1.68. The fourth-order valence-electron chi connectivity index (χ4n) is 2.14. The Morgan fingerprint density at radius 1 is 1.30 bits per heavy atom. The number of carbonyl (C=O) groups excluding carboxylic acids is 1. The number of rotatable bonds is 6. The molecule has 0 aliphatic heterocycles. The van der Waals surface area contributed by atoms with Gasteiger partial charge in [-0.15, -0.1) is 0 Å². The Kier molecular flexibility index (Phi) is 7.51. The van der Waals surface area contributed by atoms with Gasteiger partial charge in [-0.05, 0) is 35.5 Å². The summed E-state index contributed by atoms with van der Waals surface area (Å²) >= 11 is 6.85. The number of ether oxygens (including phenoxy) is 2. The van der Waals surface area contributed by atoms with Crippen LogP contribution in [0.3, 0.4) is 0 Å². The molecule has 0 saturated heterocycles. The van der Waals surface area contributed by atoms with Crippen LogP contribution in [0, 0.1) is 10.1 Å². The molecule has 1 N–H and O–H groups in total. The zero-order chi connectivity index (χ0) is 22.5. The summed E-state index contributed by atoms with van der Waals surface area (Å²) in [6.07, 6.45) is -4.56. The molecule has 0 aliphatic carbocycles. The Balaban J connectivity index is 2.38. The number of hydrogen-bond donors (Lipinski definition) is 1. The third kappa shape index (κ3) is 5.76. The first-order chi connectivity index (χ1) is 14.1. The lowest BCUT2D eigenvalue weighted by molar-refractivity contribution is -0.385. The van der Waals surface area contributed by atoms with Gasteiger partial charge in [0.15, 0.2) is 6.61 Å². The van der Waals surface area contributed by atoms with Crippen molar-refractivity contribution in [2.75, 3.05) is 13.7 Å². The highest BCUT2D eigenvalue weighted by molar-refractivity contribution is 7.99. The molecule has 0 unspecified atom stereocenters. The number of esters is 1. The summed E-state index contributed by atoms with van der Waals surface area (Å²) in [6.45, 7) is -0.671. The molecule has 0 aliphatic rings. The lowest BCUT2D eigenvalue weighted by Gasteiger charge is -2.11. The maximum atomic E-state index is 12.8. The summed E-state index contributed by atoms with van der Waals surface area (Å²) in [5, 5.41) is 23.1. The Morgan fingerprint density at radius 2 is 2.00 bits per heavy atom. The van der Waals surface area contributed by atoms with Gasteiger partial charge in [-0.3, -0.25) is 10.1 Å². The smallest absolute Gasteiger partial charge is 0.416 e. The molecule has 8 nitrogen and oxygen atoms in total. The molecule has 0 aromatic heterocycles. The van der Waals surface area contributed by atoms with E-state index in [0.29, 0.717) is 4.90 Å². The van der Waals surface area contributed by atoms with E-state index in [1.807, 2.05) is 0 Å². The second-order valence-electron chi connectivity index (χ2n) is 5.45. The van der Waals surface area contributed by atoms with Crippen LogP contribution in [0.2, 0.25) is 5.02 Å². The molecule has 2 aromatic carbocycles. The second-order valence-corrected chi connectivity index (χ2v) is 6.97. The quantitative estimate of drug-likeness (QED) is 0.164. The van der Waals surface area contributed by atoms with Crippen LogP contribution in [0.25, 0.3) is 0 Å². The van der Waals surface area contributed by atoms with Crippen LogP contribution < -0.4 is 0 Å². The van der Waals surface area contributed by atoms with Gasteiger partial charge in [-0.25, -0.2) is 4.79 Å². The van der Waals surface area contributed by atoms with Crippen molar-refractivity contribution in [1.82, 2.24) is 0 Å². The number of nitro groups is 1. The van der Waals surface area contributed by atoms with E-state index < -0.39 is 40.8 Å². The van der Waals surface area contributed by atoms with Crippen molar-refractivity contribution < 1.29 is 37.6 Å². The molecule has 160 valence electrons. The van der Waals surface area contributed by atoms with E-state index in [4.69, 9.17) is 21.5 Å². The first-order valence-electron chi connectivity index (χ1n) is 7.82. The molecule has 13 heteroatoms. The van der Waals surface area contributed by atoms with Gasteiger partial charge in [-0.1, -0.05) is 23.4 Å². The zero-order valence-corrected chi connectivity index (χ0v) is 16.5. The van der Waals surface area contributed by atoms with Crippen molar-refractivity contribution >= 4 is 40.9 Å². The molecule has 0 heterocycles. The minimum atomic E-state index is -4.56. The van der Waals surface area contributed by atoms with Crippen molar-refractivity contribution in [2.24, 2.45) is 5.16 Å². The Morgan fingerprint density at radius 3 is 2.53 bits per heavy atom. The van der Waals surface area contributed by atoms with Crippen LogP contribution in [-0.2, 0) is 20.4 Å². The topological polar surface area (TPSA) is 111 Å². The third-order valence-electron chi connectivity index (χ3n) is 3.53. The number of benzene rings is 2. The molecule has 0 amide bonds. The number of halogens is 4. The van der Waals surface area contributed by atoms with Crippen LogP contribution in [0.15, 0.2) is 51.3 Å². The fourth-order valence-corrected chi connectivity index (χ4v) is 3.30. The van der Waals surface area contributed by atoms with Crippen molar-refractivity contribution in [2.45, 2.75) is 16.0 Å². The first-order valence-corrected chi connectivity index (χ1v) is 9.01. The predicted octanol–water partition coefficient (Wildman–Crippen LogP) is 4.74. The van der Waals surface area contributed by atoms with Gasteiger partial charge >= 0.3 is 12.1 Å². The highest BCUT2D eigenvalue weighted by atomic mass is 35.5. The van der Waals surface area contributed by atoms with Gasteiger partial charge in [0.2, 0.25) is 0 Å². The average molecular weight is 465 g/mol. The first kappa shape index (κ1) is 23.3. The summed E-state index contributed by atoms with van der Waals surface area (Å²) in [6, 6.07) is 6.39. The van der Waals surface area contributed by atoms with Gasteiger partial charge in [-0.2, -0.15) is 13.2 Å². The fraction of sp³-hybridized carbons (Fsp3) is 0.176. The van der Waals surface area contributed by atoms with Gasteiger partial charge < -0.3 is 14.7 Å². The monoisotopic (exact) mass is 464 g/mol. The van der Waals surface area contributed by atoms with Gasteiger partial charge in [0, 0.05) is 15.9 Å². The molecule has 2 rings (SSSR count). The summed E-state index contributed by atoms with van der Waals surface area (Å²) < 4.78 is 47.6. The van der Waals surface area contributed by atoms with E-state index in [0.717, 1.165) is 43.1 Å². The molecule has 0 bridgehead atoms. The largest absolute Gasteiger partial charge is 0.466 e. The number of carbonyl (C=O) groups is 1.